The highest BCUT2D eigenvalue weighted by atomic mass is 127. The Morgan fingerprint density at radius 3 is 2.70 bits per heavy atom. The summed E-state index contributed by atoms with van der Waals surface area (Å²) in [7, 11) is 1.88. The van der Waals surface area contributed by atoms with Gasteiger partial charge in [-0.2, -0.15) is 13.9 Å². The molecule has 1 heterocycles. The number of aliphatic imine (C=N–C) groups is 1. The lowest BCUT2D eigenvalue weighted by atomic mass is 10.2. The summed E-state index contributed by atoms with van der Waals surface area (Å²) in [5, 5.41) is 10.5. The Bertz CT molecular complexity index is 786. The van der Waals surface area contributed by atoms with E-state index in [9.17, 15) is 8.78 Å². The molecule has 0 aliphatic carbocycles. The van der Waals surface area contributed by atoms with Crippen LogP contribution in [0, 0.1) is 0 Å². The number of nitrogens with one attached hydrogen (secondary N) is 2. The Morgan fingerprint density at radius 1 is 1.27 bits per heavy atom. The standard InChI is InChI=1S/C20H29F2N5O2.HI/c1-4-10-28-17-7-6-16(18(11-17)29-19(21)22)13-25-20(23-5-2)24-9-8-15-12-26-27(3)14-15;/h6-7,11-12,14,19H,4-5,8-10,13H2,1-3H3,(H2,23,24,25);1H. The van der Waals surface area contributed by atoms with Crippen LogP contribution in [0.25, 0.3) is 0 Å². The minimum Gasteiger partial charge on any atom is -0.493 e. The molecule has 168 valence electrons. The van der Waals surface area contributed by atoms with E-state index in [2.05, 4.69) is 25.5 Å². The summed E-state index contributed by atoms with van der Waals surface area (Å²) in [5.74, 6) is 1.17. The molecule has 0 unspecified atom stereocenters. The molecule has 0 saturated carbocycles. The second-order valence-electron chi connectivity index (χ2n) is 6.39. The topological polar surface area (TPSA) is 72.7 Å². The van der Waals surface area contributed by atoms with Crippen LogP contribution in [-0.4, -0.2) is 42.0 Å². The molecule has 7 nitrogen and oxygen atoms in total. The van der Waals surface area contributed by atoms with Gasteiger partial charge in [-0.3, -0.25) is 4.68 Å². The van der Waals surface area contributed by atoms with Gasteiger partial charge in [0.25, 0.3) is 0 Å². The monoisotopic (exact) mass is 537 g/mol. The molecule has 0 aliphatic rings. The highest BCUT2D eigenvalue weighted by Crippen LogP contribution is 2.27. The van der Waals surface area contributed by atoms with Gasteiger partial charge in [0, 0.05) is 38.0 Å². The summed E-state index contributed by atoms with van der Waals surface area (Å²) in [6.45, 7) is 3.08. The van der Waals surface area contributed by atoms with Crippen molar-refractivity contribution in [1.29, 1.82) is 0 Å². The van der Waals surface area contributed by atoms with Crippen LogP contribution >= 0.6 is 24.0 Å². The zero-order valence-corrected chi connectivity index (χ0v) is 19.9. The molecule has 0 aliphatic heterocycles. The van der Waals surface area contributed by atoms with Crippen molar-refractivity contribution >= 4 is 29.9 Å². The number of alkyl halides is 2. The molecule has 2 N–H and O–H groups in total. The first-order valence-corrected chi connectivity index (χ1v) is 9.72. The summed E-state index contributed by atoms with van der Waals surface area (Å²) < 4.78 is 37.5. The van der Waals surface area contributed by atoms with Crippen molar-refractivity contribution in [3.05, 3.63) is 41.7 Å². The lowest BCUT2D eigenvalue weighted by molar-refractivity contribution is -0.0505. The second kappa shape index (κ2) is 14.0. The maximum absolute atomic E-state index is 12.8. The summed E-state index contributed by atoms with van der Waals surface area (Å²) in [6, 6.07) is 4.92. The Hall–Kier alpha value is -2.11. The van der Waals surface area contributed by atoms with Crippen LogP contribution in [-0.2, 0) is 20.0 Å². The van der Waals surface area contributed by atoms with E-state index in [1.165, 1.54) is 6.07 Å². The van der Waals surface area contributed by atoms with Crippen molar-refractivity contribution in [3.8, 4) is 11.5 Å². The van der Waals surface area contributed by atoms with Crippen LogP contribution in [0.15, 0.2) is 35.6 Å². The van der Waals surface area contributed by atoms with E-state index >= 15 is 0 Å². The molecule has 0 radical (unpaired) electrons. The Morgan fingerprint density at radius 2 is 2.07 bits per heavy atom. The molecule has 0 atom stereocenters. The van der Waals surface area contributed by atoms with Crippen LogP contribution in [0.3, 0.4) is 0 Å². The van der Waals surface area contributed by atoms with Gasteiger partial charge in [-0.25, -0.2) is 4.99 Å². The van der Waals surface area contributed by atoms with Crippen molar-refractivity contribution in [1.82, 2.24) is 20.4 Å². The van der Waals surface area contributed by atoms with Crippen LogP contribution in [0.5, 0.6) is 11.5 Å². The van der Waals surface area contributed by atoms with Crippen LogP contribution in [0.1, 0.15) is 31.4 Å². The molecule has 0 bridgehead atoms. The maximum Gasteiger partial charge on any atom is 0.387 e. The smallest absolute Gasteiger partial charge is 0.387 e. The third-order valence-electron chi connectivity index (χ3n) is 3.94. The van der Waals surface area contributed by atoms with E-state index in [0.717, 1.165) is 18.4 Å². The van der Waals surface area contributed by atoms with E-state index in [4.69, 9.17) is 4.74 Å². The fourth-order valence-electron chi connectivity index (χ4n) is 2.61. The first-order chi connectivity index (χ1) is 14.0. The lowest BCUT2D eigenvalue weighted by Gasteiger charge is -2.14. The quantitative estimate of drug-likeness (QED) is 0.260. The lowest BCUT2D eigenvalue weighted by Crippen LogP contribution is -2.38. The van der Waals surface area contributed by atoms with Crippen molar-refractivity contribution in [2.45, 2.75) is 39.8 Å². The summed E-state index contributed by atoms with van der Waals surface area (Å²) >= 11 is 0. The number of aromatic nitrogens is 2. The average molecular weight is 537 g/mol. The van der Waals surface area contributed by atoms with Gasteiger partial charge in [-0.1, -0.05) is 6.92 Å². The van der Waals surface area contributed by atoms with Crippen LogP contribution in [0.4, 0.5) is 8.78 Å². The third kappa shape index (κ3) is 9.14. The van der Waals surface area contributed by atoms with Crippen molar-refractivity contribution < 1.29 is 18.3 Å². The van der Waals surface area contributed by atoms with E-state index in [1.807, 2.05) is 33.3 Å². The summed E-state index contributed by atoms with van der Waals surface area (Å²) in [4.78, 5) is 4.49. The number of ether oxygens (including phenoxy) is 2. The first kappa shape index (κ1) is 25.9. The normalized spacial score (nSPS) is 11.2. The fourth-order valence-corrected chi connectivity index (χ4v) is 2.61. The fraction of sp³-hybridized carbons (Fsp3) is 0.500. The molecule has 0 amide bonds. The molecule has 0 spiro atoms. The minimum atomic E-state index is -2.91. The van der Waals surface area contributed by atoms with Gasteiger partial charge in [0.2, 0.25) is 0 Å². The number of rotatable bonds is 11. The molecule has 30 heavy (non-hydrogen) atoms. The van der Waals surface area contributed by atoms with Gasteiger partial charge in [-0.15, -0.1) is 24.0 Å². The molecule has 10 heteroatoms. The van der Waals surface area contributed by atoms with E-state index in [1.54, 1.807) is 16.8 Å². The molecular formula is C20H30F2IN5O2. The number of hydrogen-bond donors (Lipinski definition) is 2. The van der Waals surface area contributed by atoms with Crippen molar-refractivity contribution in [2.75, 3.05) is 19.7 Å². The Balaban J connectivity index is 0.00000450. The second-order valence-corrected chi connectivity index (χ2v) is 6.39. The molecule has 1 aromatic heterocycles. The van der Waals surface area contributed by atoms with Gasteiger partial charge in [-0.05, 0) is 37.5 Å². The Labute approximate surface area is 193 Å². The van der Waals surface area contributed by atoms with Crippen molar-refractivity contribution in [2.24, 2.45) is 12.0 Å². The van der Waals surface area contributed by atoms with Gasteiger partial charge in [0.1, 0.15) is 11.5 Å². The molecule has 2 aromatic rings. The number of nitrogens with zero attached hydrogens (tertiary/aromatic N) is 3. The number of halogens is 3. The van der Waals surface area contributed by atoms with E-state index in [-0.39, 0.29) is 36.3 Å². The zero-order chi connectivity index (χ0) is 21.1. The SMILES string of the molecule is CCCOc1ccc(CN=C(NCC)NCCc2cnn(C)c2)c(OC(F)F)c1.I. The third-order valence-corrected chi connectivity index (χ3v) is 3.94. The number of aryl methyl sites for hydroxylation is 1. The predicted molar refractivity (Wildman–Crippen MR) is 124 cm³/mol. The first-order valence-electron chi connectivity index (χ1n) is 9.72. The largest absolute Gasteiger partial charge is 0.493 e. The van der Waals surface area contributed by atoms with Gasteiger partial charge in [0.05, 0.1) is 19.3 Å². The molecule has 0 saturated heterocycles. The van der Waals surface area contributed by atoms with E-state index in [0.29, 0.717) is 37.0 Å². The molecule has 0 fully saturated rings. The van der Waals surface area contributed by atoms with Crippen molar-refractivity contribution in [3.63, 3.8) is 0 Å². The van der Waals surface area contributed by atoms with Crippen LogP contribution < -0.4 is 20.1 Å². The van der Waals surface area contributed by atoms with Gasteiger partial charge >= 0.3 is 6.61 Å². The molecular weight excluding hydrogens is 507 g/mol. The van der Waals surface area contributed by atoms with Gasteiger partial charge in [0.15, 0.2) is 5.96 Å². The summed E-state index contributed by atoms with van der Waals surface area (Å²) in [5.41, 5.74) is 1.67. The highest BCUT2D eigenvalue weighted by Gasteiger charge is 2.12. The van der Waals surface area contributed by atoms with Gasteiger partial charge < -0.3 is 20.1 Å². The molecule has 1 aromatic carbocycles. The average Bonchev–Trinajstić information content (AvgIpc) is 3.10. The predicted octanol–water partition coefficient (Wildman–Crippen LogP) is 3.73. The maximum atomic E-state index is 12.8. The van der Waals surface area contributed by atoms with E-state index < -0.39 is 6.61 Å². The molecule has 2 rings (SSSR count). The van der Waals surface area contributed by atoms with Crippen LogP contribution in [0.2, 0.25) is 0 Å². The summed E-state index contributed by atoms with van der Waals surface area (Å²) in [6.07, 6.45) is 5.40. The Kier molecular flexibility index (Phi) is 12.1. The highest BCUT2D eigenvalue weighted by molar-refractivity contribution is 14.0. The zero-order valence-electron chi connectivity index (χ0n) is 17.5. The minimum absolute atomic E-state index is 0. The number of hydrogen-bond acceptors (Lipinski definition) is 4. The number of guanidine groups is 1. The number of benzene rings is 1.